The van der Waals surface area contributed by atoms with Crippen LogP contribution >= 0.6 is 0 Å². The van der Waals surface area contributed by atoms with Crippen LogP contribution in [0.3, 0.4) is 0 Å². The summed E-state index contributed by atoms with van der Waals surface area (Å²) in [4.78, 5) is 11.6. The van der Waals surface area contributed by atoms with Crippen LogP contribution in [0.25, 0.3) is 0 Å². The van der Waals surface area contributed by atoms with Crippen molar-refractivity contribution in [1.29, 1.82) is 0 Å². The van der Waals surface area contributed by atoms with E-state index < -0.39 is 0 Å². The zero-order valence-corrected chi connectivity index (χ0v) is 14.2. The van der Waals surface area contributed by atoms with E-state index in [2.05, 4.69) is 6.58 Å². The molecule has 1 N–H and O–H groups in total. The van der Waals surface area contributed by atoms with Gasteiger partial charge in [-0.3, -0.25) is 4.79 Å². The van der Waals surface area contributed by atoms with Gasteiger partial charge in [0, 0.05) is 6.42 Å². The highest BCUT2D eigenvalue weighted by molar-refractivity contribution is 5.69. The molecule has 0 fully saturated rings. The highest BCUT2D eigenvalue weighted by Crippen LogP contribution is 2.32. The molecule has 2 rings (SSSR count). The number of esters is 1. The van der Waals surface area contributed by atoms with Crippen molar-refractivity contribution >= 4 is 5.97 Å². The fourth-order valence-corrected chi connectivity index (χ4v) is 2.22. The van der Waals surface area contributed by atoms with E-state index in [-0.39, 0.29) is 25.6 Å². The first-order valence-electron chi connectivity index (χ1n) is 7.97. The van der Waals surface area contributed by atoms with Crippen molar-refractivity contribution in [1.82, 2.24) is 0 Å². The average molecular weight is 342 g/mol. The number of hydrogen-bond donors (Lipinski definition) is 1. The predicted molar refractivity (Wildman–Crippen MR) is 94.9 cm³/mol. The van der Waals surface area contributed by atoms with Crippen LogP contribution in [0.1, 0.15) is 17.5 Å². The maximum Gasteiger partial charge on any atom is 0.306 e. The van der Waals surface area contributed by atoms with Crippen molar-refractivity contribution in [3.8, 4) is 17.2 Å². The third-order valence-electron chi connectivity index (χ3n) is 3.54. The Morgan fingerprint density at radius 3 is 2.48 bits per heavy atom. The number of benzene rings is 2. The highest BCUT2D eigenvalue weighted by Gasteiger charge is 2.09. The minimum atomic E-state index is -0.266. The molecule has 0 aliphatic rings. The van der Waals surface area contributed by atoms with Crippen LogP contribution in [-0.2, 0) is 22.6 Å². The third-order valence-corrected chi connectivity index (χ3v) is 3.54. The summed E-state index contributed by atoms with van der Waals surface area (Å²) in [5.74, 6) is 1.54. The molecule has 2 aromatic rings. The summed E-state index contributed by atoms with van der Waals surface area (Å²) in [6.07, 6.45) is 2.36. The van der Waals surface area contributed by atoms with Crippen LogP contribution in [0.15, 0.2) is 55.1 Å². The van der Waals surface area contributed by atoms with E-state index in [0.29, 0.717) is 23.7 Å². The molecule has 0 heterocycles. The molecule has 5 nitrogen and oxygen atoms in total. The van der Waals surface area contributed by atoms with Crippen LogP contribution in [-0.4, -0.2) is 24.8 Å². The molecule has 0 spiro atoms. The Balaban J connectivity index is 2.07. The number of carbonyl (C=O) groups excluding carboxylic acids is 1. The van der Waals surface area contributed by atoms with Gasteiger partial charge in [-0.1, -0.05) is 30.9 Å². The molecule has 0 amide bonds. The minimum Gasteiger partial charge on any atom is -0.493 e. The molecule has 0 aromatic heterocycles. The molecule has 2 aromatic carbocycles. The van der Waals surface area contributed by atoms with E-state index >= 15 is 0 Å². The number of rotatable bonds is 9. The number of aliphatic hydroxyl groups is 1. The maximum absolute atomic E-state index is 11.6. The lowest BCUT2D eigenvalue weighted by molar-refractivity contribution is -0.142. The number of ether oxygens (including phenoxy) is 3. The molecule has 0 unspecified atom stereocenters. The smallest absolute Gasteiger partial charge is 0.306 e. The summed E-state index contributed by atoms with van der Waals surface area (Å²) in [6, 6.07) is 12.7. The number of methoxy groups -OCH3 is 1. The van der Waals surface area contributed by atoms with Gasteiger partial charge in [-0.2, -0.15) is 0 Å². The van der Waals surface area contributed by atoms with Gasteiger partial charge in [0.2, 0.25) is 0 Å². The van der Waals surface area contributed by atoms with Gasteiger partial charge in [0.15, 0.2) is 11.5 Å². The molecule has 0 bridgehead atoms. The highest BCUT2D eigenvalue weighted by atomic mass is 16.5. The van der Waals surface area contributed by atoms with Crippen molar-refractivity contribution in [3.05, 3.63) is 66.2 Å². The maximum atomic E-state index is 11.6. The largest absolute Gasteiger partial charge is 0.493 e. The van der Waals surface area contributed by atoms with E-state index in [1.165, 1.54) is 0 Å². The lowest BCUT2D eigenvalue weighted by atomic mass is 10.1. The minimum absolute atomic E-state index is 0.0129. The molecular weight excluding hydrogens is 320 g/mol. The van der Waals surface area contributed by atoms with Crippen LogP contribution in [0.4, 0.5) is 0 Å². The summed E-state index contributed by atoms with van der Waals surface area (Å²) >= 11 is 0. The van der Waals surface area contributed by atoms with Gasteiger partial charge in [-0.05, 0) is 41.8 Å². The first kappa shape index (κ1) is 18.5. The fourth-order valence-electron chi connectivity index (χ4n) is 2.22. The second kappa shape index (κ2) is 9.49. The zero-order chi connectivity index (χ0) is 18.1. The van der Waals surface area contributed by atoms with Gasteiger partial charge in [0.1, 0.15) is 12.4 Å². The number of aliphatic hydroxyl groups excluding tert-OH is 1. The van der Waals surface area contributed by atoms with Gasteiger partial charge < -0.3 is 19.3 Å². The Kier molecular flexibility index (Phi) is 7.04. The van der Waals surface area contributed by atoms with E-state index in [9.17, 15) is 4.79 Å². The van der Waals surface area contributed by atoms with Gasteiger partial charge in [0.05, 0.1) is 13.7 Å². The molecule has 25 heavy (non-hydrogen) atoms. The molecule has 0 aliphatic heterocycles. The first-order valence-corrected chi connectivity index (χ1v) is 7.97. The average Bonchev–Trinajstić information content (AvgIpc) is 2.65. The van der Waals surface area contributed by atoms with Crippen molar-refractivity contribution in [2.24, 2.45) is 0 Å². The predicted octanol–water partition coefficient (Wildman–Crippen LogP) is 3.64. The molecular formula is C20H22O5. The molecule has 132 valence electrons. The van der Waals surface area contributed by atoms with Crippen molar-refractivity contribution in [2.45, 2.75) is 19.4 Å². The van der Waals surface area contributed by atoms with E-state index in [1.807, 2.05) is 18.2 Å². The Labute approximate surface area is 147 Å². The molecule has 0 saturated heterocycles. The van der Waals surface area contributed by atoms with Crippen molar-refractivity contribution in [3.63, 3.8) is 0 Å². The standard InChI is InChI=1S/C20H22O5/c1-3-12-24-20(22)11-7-15-6-10-18(23-2)19(13-15)25-17-8-4-16(14-21)5-9-17/h3-6,8-10,13,21H,1,7,11-12,14H2,2H3. The first-order chi connectivity index (χ1) is 12.2. The van der Waals surface area contributed by atoms with Gasteiger partial charge in [-0.25, -0.2) is 0 Å². The quantitative estimate of drug-likeness (QED) is 0.557. The number of hydrogen-bond acceptors (Lipinski definition) is 5. The third kappa shape index (κ3) is 5.65. The van der Waals surface area contributed by atoms with Crippen LogP contribution in [0, 0.1) is 0 Å². The SMILES string of the molecule is C=CCOC(=O)CCc1ccc(OC)c(Oc2ccc(CO)cc2)c1. The van der Waals surface area contributed by atoms with Crippen molar-refractivity contribution < 1.29 is 24.1 Å². The summed E-state index contributed by atoms with van der Waals surface area (Å²) in [5.41, 5.74) is 1.75. The topological polar surface area (TPSA) is 65.0 Å². The van der Waals surface area contributed by atoms with E-state index in [1.54, 1.807) is 37.5 Å². The molecule has 0 atom stereocenters. The zero-order valence-electron chi connectivity index (χ0n) is 14.2. The molecule has 0 saturated carbocycles. The Morgan fingerprint density at radius 2 is 1.84 bits per heavy atom. The van der Waals surface area contributed by atoms with Gasteiger partial charge >= 0.3 is 5.97 Å². The van der Waals surface area contributed by atoms with Crippen LogP contribution in [0.2, 0.25) is 0 Å². The Morgan fingerprint density at radius 1 is 1.12 bits per heavy atom. The Bertz CT molecular complexity index is 707. The normalized spacial score (nSPS) is 10.2. The van der Waals surface area contributed by atoms with E-state index in [0.717, 1.165) is 11.1 Å². The molecule has 0 aliphatic carbocycles. The van der Waals surface area contributed by atoms with Gasteiger partial charge in [0.25, 0.3) is 0 Å². The van der Waals surface area contributed by atoms with Crippen molar-refractivity contribution in [2.75, 3.05) is 13.7 Å². The van der Waals surface area contributed by atoms with E-state index in [4.69, 9.17) is 19.3 Å². The summed E-state index contributed by atoms with van der Waals surface area (Å²) in [5, 5.41) is 9.09. The second-order valence-electron chi connectivity index (χ2n) is 5.36. The Hall–Kier alpha value is -2.79. The lowest BCUT2D eigenvalue weighted by Gasteiger charge is -2.12. The summed E-state index contributed by atoms with van der Waals surface area (Å²) in [6.45, 7) is 3.72. The van der Waals surface area contributed by atoms with Gasteiger partial charge in [-0.15, -0.1) is 0 Å². The number of aryl methyl sites for hydroxylation is 1. The number of carbonyl (C=O) groups is 1. The van der Waals surface area contributed by atoms with Crippen LogP contribution in [0.5, 0.6) is 17.2 Å². The second-order valence-corrected chi connectivity index (χ2v) is 5.36. The van der Waals surface area contributed by atoms with Crippen LogP contribution < -0.4 is 9.47 Å². The summed E-state index contributed by atoms with van der Waals surface area (Å²) in [7, 11) is 1.57. The lowest BCUT2D eigenvalue weighted by Crippen LogP contribution is -2.05. The molecule has 0 radical (unpaired) electrons. The monoisotopic (exact) mass is 342 g/mol. The molecule has 5 heteroatoms. The fraction of sp³-hybridized carbons (Fsp3) is 0.250. The summed E-state index contributed by atoms with van der Waals surface area (Å²) < 4.78 is 16.2.